The minimum Gasteiger partial charge on any atom is -0.478 e. The second kappa shape index (κ2) is 5.89. The van der Waals surface area contributed by atoms with Gasteiger partial charge in [-0.05, 0) is 19.4 Å². The summed E-state index contributed by atoms with van der Waals surface area (Å²) in [6.07, 6.45) is 2.16. The van der Waals surface area contributed by atoms with E-state index in [1.165, 1.54) is 0 Å². The SMILES string of the molecule is CCCC(C)NCc1oc2ccccc2c1C(=O)O. The number of carbonyl (C=O) groups is 1. The number of hydrogen-bond acceptors (Lipinski definition) is 3. The van der Waals surface area contributed by atoms with Crippen molar-refractivity contribution in [2.75, 3.05) is 0 Å². The predicted octanol–water partition coefficient (Wildman–Crippen LogP) is 3.41. The van der Waals surface area contributed by atoms with Crippen LogP contribution in [0.4, 0.5) is 0 Å². The summed E-state index contributed by atoms with van der Waals surface area (Å²) in [7, 11) is 0. The van der Waals surface area contributed by atoms with Crippen LogP contribution in [0.3, 0.4) is 0 Å². The standard InChI is InChI=1S/C15H19NO3/c1-3-6-10(2)16-9-13-14(15(17)18)11-7-4-5-8-12(11)19-13/h4-5,7-8,10,16H,3,6,9H2,1-2H3,(H,17,18). The summed E-state index contributed by atoms with van der Waals surface area (Å²) < 4.78 is 5.65. The second-order valence-electron chi connectivity index (χ2n) is 4.77. The zero-order valence-corrected chi connectivity index (χ0v) is 11.3. The molecule has 0 aliphatic carbocycles. The third kappa shape index (κ3) is 2.96. The quantitative estimate of drug-likeness (QED) is 0.836. The molecule has 2 rings (SSSR count). The van der Waals surface area contributed by atoms with E-state index in [2.05, 4.69) is 19.2 Å². The van der Waals surface area contributed by atoms with Crippen molar-refractivity contribution in [1.29, 1.82) is 0 Å². The molecular formula is C15H19NO3. The summed E-state index contributed by atoms with van der Waals surface area (Å²) in [6, 6.07) is 7.58. The minimum absolute atomic E-state index is 0.270. The molecule has 0 fully saturated rings. The first-order chi connectivity index (χ1) is 9.13. The van der Waals surface area contributed by atoms with E-state index in [4.69, 9.17) is 4.42 Å². The number of para-hydroxylation sites is 1. The summed E-state index contributed by atoms with van der Waals surface area (Å²) in [5, 5.41) is 13.3. The lowest BCUT2D eigenvalue weighted by Gasteiger charge is -2.11. The number of rotatable bonds is 6. The highest BCUT2D eigenvalue weighted by Crippen LogP contribution is 2.25. The molecule has 0 saturated heterocycles. The van der Waals surface area contributed by atoms with Gasteiger partial charge in [-0.3, -0.25) is 0 Å². The maximum atomic E-state index is 11.4. The van der Waals surface area contributed by atoms with E-state index in [9.17, 15) is 9.90 Å². The van der Waals surface area contributed by atoms with Gasteiger partial charge >= 0.3 is 5.97 Å². The van der Waals surface area contributed by atoms with E-state index in [1.54, 1.807) is 12.1 Å². The van der Waals surface area contributed by atoms with Crippen molar-refractivity contribution in [1.82, 2.24) is 5.32 Å². The van der Waals surface area contributed by atoms with Crippen molar-refractivity contribution in [2.24, 2.45) is 0 Å². The van der Waals surface area contributed by atoms with E-state index in [0.717, 1.165) is 12.8 Å². The lowest BCUT2D eigenvalue weighted by Crippen LogP contribution is -2.25. The fourth-order valence-corrected chi connectivity index (χ4v) is 2.26. The van der Waals surface area contributed by atoms with Gasteiger partial charge < -0.3 is 14.8 Å². The molecule has 19 heavy (non-hydrogen) atoms. The molecule has 4 nitrogen and oxygen atoms in total. The molecule has 0 radical (unpaired) electrons. The van der Waals surface area contributed by atoms with Gasteiger partial charge in [0.15, 0.2) is 0 Å². The van der Waals surface area contributed by atoms with E-state index < -0.39 is 5.97 Å². The fraction of sp³-hybridized carbons (Fsp3) is 0.400. The highest BCUT2D eigenvalue weighted by Gasteiger charge is 2.19. The van der Waals surface area contributed by atoms with Crippen LogP contribution in [0.1, 0.15) is 42.8 Å². The molecule has 0 aliphatic heterocycles. The Morgan fingerprint density at radius 2 is 2.16 bits per heavy atom. The summed E-state index contributed by atoms with van der Waals surface area (Å²) in [4.78, 5) is 11.4. The van der Waals surface area contributed by atoms with Crippen LogP contribution in [0.25, 0.3) is 11.0 Å². The van der Waals surface area contributed by atoms with Crippen molar-refractivity contribution >= 4 is 16.9 Å². The van der Waals surface area contributed by atoms with Crippen LogP contribution in [0, 0.1) is 0 Å². The number of carboxylic acid groups (broad SMARTS) is 1. The monoisotopic (exact) mass is 261 g/mol. The minimum atomic E-state index is -0.940. The summed E-state index contributed by atoms with van der Waals surface area (Å²) >= 11 is 0. The molecule has 0 bridgehead atoms. The Hall–Kier alpha value is -1.81. The number of nitrogens with one attached hydrogen (secondary N) is 1. The first-order valence-corrected chi connectivity index (χ1v) is 6.60. The van der Waals surface area contributed by atoms with E-state index in [0.29, 0.717) is 29.3 Å². The van der Waals surface area contributed by atoms with Gasteiger partial charge in [-0.2, -0.15) is 0 Å². The van der Waals surface area contributed by atoms with Crippen molar-refractivity contribution < 1.29 is 14.3 Å². The van der Waals surface area contributed by atoms with Crippen molar-refractivity contribution in [3.63, 3.8) is 0 Å². The van der Waals surface area contributed by atoms with Crippen LogP contribution in [-0.2, 0) is 6.54 Å². The van der Waals surface area contributed by atoms with Gasteiger partial charge in [-0.1, -0.05) is 31.5 Å². The van der Waals surface area contributed by atoms with Crippen LogP contribution in [0.5, 0.6) is 0 Å². The molecule has 1 atom stereocenters. The largest absolute Gasteiger partial charge is 0.478 e. The first-order valence-electron chi connectivity index (χ1n) is 6.60. The van der Waals surface area contributed by atoms with Gasteiger partial charge in [-0.25, -0.2) is 4.79 Å². The molecule has 0 amide bonds. The van der Waals surface area contributed by atoms with E-state index in [1.807, 2.05) is 12.1 Å². The maximum absolute atomic E-state index is 11.4. The van der Waals surface area contributed by atoms with Crippen LogP contribution in [0.15, 0.2) is 28.7 Å². The smallest absolute Gasteiger partial charge is 0.339 e. The summed E-state index contributed by atoms with van der Waals surface area (Å²) in [5.74, 6) is -0.443. The third-order valence-corrected chi connectivity index (χ3v) is 3.22. The number of fused-ring (bicyclic) bond motifs is 1. The molecular weight excluding hydrogens is 242 g/mol. The third-order valence-electron chi connectivity index (χ3n) is 3.22. The predicted molar refractivity (Wildman–Crippen MR) is 74.4 cm³/mol. The molecule has 102 valence electrons. The normalized spacial score (nSPS) is 12.7. The molecule has 0 spiro atoms. The molecule has 1 unspecified atom stereocenters. The Morgan fingerprint density at radius 3 is 2.84 bits per heavy atom. The topological polar surface area (TPSA) is 62.5 Å². The summed E-state index contributed by atoms with van der Waals surface area (Å²) in [5.41, 5.74) is 0.895. The Kier molecular flexibility index (Phi) is 4.22. The molecule has 2 N–H and O–H groups in total. The van der Waals surface area contributed by atoms with E-state index in [-0.39, 0.29) is 5.56 Å². The zero-order valence-electron chi connectivity index (χ0n) is 11.3. The Bertz CT molecular complexity index is 574. The molecule has 1 heterocycles. The van der Waals surface area contributed by atoms with Gasteiger partial charge in [-0.15, -0.1) is 0 Å². The molecule has 2 aromatic rings. The number of benzene rings is 1. The highest BCUT2D eigenvalue weighted by atomic mass is 16.4. The van der Waals surface area contributed by atoms with Crippen LogP contribution < -0.4 is 5.32 Å². The maximum Gasteiger partial charge on any atom is 0.339 e. The van der Waals surface area contributed by atoms with Gasteiger partial charge in [0.2, 0.25) is 0 Å². The molecule has 1 aromatic carbocycles. The Labute approximate surface area is 112 Å². The van der Waals surface area contributed by atoms with Gasteiger partial charge in [0.25, 0.3) is 0 Å². The highest BCUT2D eigenvalue weighted by molar-refractivity contribution is 6.03. The number of aromatic carboxylic acids is 1. The number of furan rings is 1. The molecule has 1 aromatic heterocycles. The van der Waals surface area contributed by atoms with Crippen molar-refractivity contribution in [3.05, 3.63) is 35.6 Å². The van der Waals surface area contributed by atoms with Gasteiger partial charge in [0.1, 0.15) is 16.9 Å². The average molecular weight is 261 g/mol. The van der Waals surface area contributed by atoms with Crippen LogP contribution in [-0.4, -0.2) is 17.1 Å². The van der Waals surface area contributed by atoms with Crippen molar-refractivity contribution in [2.45, 2.75) is 39.3 Å². The second-order valence-corrected chi connectivity index (χ2v) is 4.77. The average Bonchev–Trinajstić information content (AvgIpc) is 2.75. The Morgan fingerprint density at radius 1 is 1.42 bits per heavy atom. The molecule has 4 heteroatoms. The van der Waals surface area contributed by atoms with Crippen LogP contribution >= 0.6 is 0 Å². The van der Waals surface area contributed by atoms with Gasteiger partial charge in [0, 0.05) is 11.4 Å². The zero-order chi connectivity index (χ0) is 13.8. The van der Waals surface area contributed by atoms with Crippen LogP contribution in [0.2, 0.25) is 0 Å². The molecule has 0 aliphatic rings. The molecule has 0 saturated carbocycles. The lowest BCUT2D eigenvalue weighted by atomic mass is 10.1. The Balaban J connectivity index is 2.27. The number of carboxylic acids is 1. The lowest BCUT2D eigenvalue weighted by molar-refractivity contribution is 0.0696. The first kappa shape index (κ1) is 13.6. The summed E-state index contributed by atoms with van der Waals surface area (Å²) in [6.45, 7) is 4.66. The van der Waals surface area contributed by atoms with Gasteiger partial charge in [0.05, 0.1) is 6.54 Å². The van der Waals surface area contributed by atoms with E-state index >= 15 is 0 Å². The van der Waals surface area contributed by atoms with Crippen molar-refractivity contribution in [3.8, 4) is 0 Å². The number of hydrogen-bond donors (Lipinski definition) is 2. The fourth-order valence-electron chi connectivity index (χ4n) is 2.26.